The van der Waals surface area contributed by atoms with Crippen molar-refractivity contribution in [1.29, 1.82) is 0 Å². The van der Waals surface area contributed by atoms with E-state index in [2.05, 4.69) is 26.0 Å². The summed E-state index contributed by atoms with van der Waals surface area (Å²) >= 11 is 6.35. The van der Waals surface area contributed by atoms with Crippen LogP contribution in [0.5, 0.6) is 0 Å². The molecule has 20 heavy (non-hydrogen) atoms. The maximum Gasteiger partial charge on any atom is 0.336 e. The standard InChI is InChI=1S/C17H17ClO2/c1-10(2)12-5-4-6-13(9-12)15-8-7-14(17(19)20)11(3)16(15)18/h4-10H,1-3H3,(H,19,20). The Hall–Kier alpha value is -1.80. The zero-order valence-electron chi connectivity index (χ0n) is 11.8. The van der Waals surface area contributed by atoms with Crippen LogP contribution >= 0.6 is 11.6 Å². The van der Waals surface area contributed by atoms with E-state index < -0.39 is 5.97 Å². The number of carbonyl (C=O) groups is 1. The lowest BCUT2D eigenvalue weighted by Crippen LogP contribution is -2.00. The molecule has 2 aromatic carbocycles. The minimum Gasteiger partial charge on any atom is -0.478 e. The number of carboxylic acids is 1. The van der Waals surface area contributed by atoms with Gasteiger partial charge >= 0.3 is 5.97 Å². The first kappa shape index (κ1) is 14.6. The predicted octanol–water partition coefficient (Wildman–Crippen LogP) is 5.14. The monoisotopic (exact) mass is 288 g/mol. The molecule has 0 radical (unpaired) electrons. The Labute approximate surface area is 124 Å². The van der Waals surface area contributed by atoms with E-state index in [0.717, 1.165) is 11.1 Å². The van der Waals surface area contributed by atoms with Gasteiger partial charge in [0, 0.05) is 5.56 Å². The number of hydrogen-bond acceptors (Lipinski definition) is 1. The van der Waals surface area contributed by atoms with Gasteiger partial charge in [-0.05, 0) is 35.6 Å². The molecule has 0 unspecified atom stereocenters. The van der Waals surface area contributed by atoms with Gasteiger partial charge in [0.05, 0.1) is 10.6 Å². The summed E-state index contributed by atoms with van der Waals surface area (Å²) in [6.45, 7) is 6.01. The molecule has 0 amide bonds. The topological polar surface area (TPSA) is 37.3 Å². The fourth-order valence-electron chi connectivity index (χ4n) is 2.21. The van der Waals surface area contributed by atoms with E-state index in [-0.39, 0.29) is 5.56 Å². The van der Waals surface area contributed by atoms with E-state index in [1.165, 1.54) is 5.56 Å². The Bertz CT molecular complexity index is 660. The number of hydrogen-bond donors (Lipinski definition) is 1. The molecule has 2 nitrogen and oxygen atoms in total. The first-order chi connectivity index (χ1) is 9.41. The second kappa shape index (κ2) is 5.68. The molecule has 3 heteroatoms. The van der Waals surface area contributed by atoms with Gasteiger partial charge in [-0.1, -0.05) is 55.8 Å². The molecule has 0 aliphatic carbocycles. The molecule has 0 aliphatic heterocycles. The van der Waals surface area contributed by atoms with Crippen LogP contribution in [0.4, 0.5) is 0 Å². The molecular weight excluding hydrogens is 272 g/mol. The molecule has 2 aromatic rings. The summed E-state index contributed by atoms with van der Waals surface area (Å²) in [6.07, 6.45) is 0. The van der Waals surface area contributed by atoms with Gasteiger partial charge in [-0.2, -0.15) is 0 Å². The van der Waals surface area contributed by atoms with Gasteiger partial charge in [-0.3, -0.25) is 0 Å². The van der Waals surface area contributed by atoms with Crippen molar-refractivity contribution in [2.24, 2.45) is 0 Å². The number of aromatic carboxylic acids is 1. The van der Waals surface area contributed by atoms with Gasteiger partial charge in [0.2, 0.25) is 0 Å². The van der Waals surface area contributed by atoms with Crippen LogP contribution in [-0.2, 0) is 0 Å². The van der Waals surface area contributed by atoms with Crippen LogP contribution in [-0.4, -0.2) is 11.1 Å². The average molecular weight is 289 g/mol. The third-order valence-electron chi connectivity index (χ3n) is 3.48. The van der Waals surface area contributed by atoms with Gasteiger partial charge in [0.15, 0.2) is 0 Å². The minimum absolute atomic E-state index is 0.249. The zero-order chi connectivity index (χ0) is 14.9. The van der Waals surface area contributed by atoms with Crippen LogP contribution in [0.2, 0.25) is 5.02 Å². The van der Waals surface area contributed by atoms with Gasteiger partial charge < -0.3 is 5.11 Å². The molecule has 0 saturated carbocycles. The molecule has 104 valence electrons. The van der Waals surface area contributed by atoms with Crippen LogP contribution in [0.3, 0.4) is 0 Å². The first-order valence-electron chi connectivity index (χ1n) is 6.54. The van der Waals surface area contributed by atoms with Crippen molar-refractivity contribution in [3.05, 3.63) is 58.1 Å². The Morgan fingerprint density at radius 1 is 1.20 bits per heavy atom. The van der Waals surface area contributed by atoms with Crippen LogP contribution in [0.1, 0.15) is 41.3 Å². The molecule has 1 N–H and O–H groups in total. The highest BCUT2D eigenvalue weighted by Gasteiger charge is 2.14. The van der Waals surface area contributed by atoms with Crippen molar-refractivity contribution in [3.8, 4) is 11.1 Å². The minimum atomic E-state index is -0.952. The first-order valence-corrected chi connectivity index (χ1v) is 6.92. The van der Waals surface area contributed by atoms with Crippen molar-refractivity contribution >= 4 is 17.6 Å². The molecule has 0 aromatic heterocycles. The van der Waals surface area contributed by atoms with Gasteiger partial charge in [-0.25, -0.2) is 4.79 Å². The molecule has 0 heterocycles. The van der Waals surface area contributed by atoms with Crippen molar-refractivity contribution in [3.63, 3.8) is 0 Å². The van der Waals surface area contributed by atoms with Crippen molar-refractivity contribution in [1.82, 2.24) is 0 Å². The van der Waals surface area contributed by atoms with Crippen molar-refractivity contribution in [2.75, 3.05) is 0 Å². The lowest BCUT2D eigenvalue weighted by atomic mass is 9.95. The second-order valence-corrected chi connectivity index (χ2v) is 5.56. The molecule has 0 spiro atoms. The van der Waals surface area contributed by atoms with E-state index in [9.17, 15) is 4.79 Å². The Kier molecular flexibility index (Phi) is 4.15. The normalized spacial score (nSPS) is 10.8. The van der Waals surface area contributed by atoms with E-state index in [4.69, 9.17) is 16.7 Å². The number of benzene rings is 2. The lowest BCUT2D eigenvalue weighted by Gasteiger charge is -2.12. The van der Waals surface area contributed by atoms with Crippen LogP contribution in [0.15, 0.2) is 36.4 Å². The summed E-state index contributed by atoms with van der Waals surface area (Å²) in [5, 5.41) is 9.62. The summed E-state index contributed by atoms with van der Waals surface area (Å²) in [5.41, 5.74) is 3.97. The van der Waals surface area contributed by atoms with Crippen molar-refractivity contribution in [2.45, 2.75) is 26.7 Å². The molecular formula is C17H17ClO2. The van der Waals surface area contributed by atoms with Crippen LogP contribution in [0, 0.1) is 6.92 Å². The zero-order valence-corrected chi connectivity index (χ0v) is 12.5. The highest BCUT2D eigenvalue weighted by atomic mass is 35.5. The Morgan fingerprint density at radius 3 is 2.50 bits per heavy atom. The summed E-state index contributed by atoms with van der Waals surface area (Å²) in [4.78, 5) is 11.1. The quantitative estimate of drug-likeness (QED) is 0.849. The summed E-state index contributed by atoms with van der Waals surface area (Å²) in [5.74, 6) is -0.514. The fourth-order valence-corrected chi connectivity index (χ4v) is 2.48. The number of rotatable bonds is 3. The Balaban J connectivity index is 2.56. The summed E-state index contributed by atoms with van der Waals surface area (Å²) in [6, 6.07) is 11.6. The maximum atomic E-state index is 11.1. The summed E-state index contributed by atoms with van der Waals surface area (Å²) < 4.78 is 0. The number of carboxylic acid groups (broad SMARTS) is 1. The van der Waals surface area contributed by atoms with Crippen LogP contribution < -0.4 is 0 Å². The fraction of sp³-hybridized carbons (Fsp3) is 0.235. The van der Waals surface area contributed by atoms with E-state index in [0.29, 0.717) is 16.5 Å². The molecule has 0 atom stereocenters. The number of halogens is 1. The van der Waals surface area contributed by atoms with Gasteiger partial charge in [0.25, 0.3) is 0 Å². The predicted molar refractivity (Wildman–Crippen MR) is 82.7 cm³/mol. The SMILES string of the molecule is Cc1c(C(=O)O)ccc(-c2cccc(C(C)C)c2)c1Cl. The molecule has 0 bridgehead atoms. The third kappa shape index (κ3) is 2.70. The molecule has 0 saturated heterocycles. The molecule has 0 fully saturated rings. The second-order valence-electron chi connectivity index (χ2n) is 5.18. The largest absolute Gasteiger partial charge is 0.478 e. The lowest BCUT2D eigenvalue weighted by molar-refractivity contribution is 0.0696. The molecule has 0 aliphatic rings. The van der Waals surface area contributed by atoms with E-state index >= 15 is 0 Å². The van der Waals surface area contributed by atoms with E-state index in [1.807, 2.05) is 12.1 Å². The smallest absolute Gasteiger partial charge is 0.336 e. The Morgan fingerprint density at radius 2 is 1.90 bits per heavy atom. The van der Waals surface area contributed by atoms with Gasteiger partial charge in [-0.15, -0.1) is 0 Å². The highest BCUT2D eigenvalue weighted by molar-refractivity contribution is 6.34. The highest BCUT2D eigenvalue weighted by Crippen LogP contribution is 2.33. The summed E-state index contributed by atoms with van der Waals surface area (Å²) in [7, 11) is 0. The third-order valence-corrected chi connectivity index (χ3v) is 3.97. The van der Waals surface area contributed by atoms with E-state index in [1.54, 1.807) is 19.1 Å². The maximum absolute atomic E-state index is 11.1. The molecule has 2 rings (SSSR count). The average Bonchev–Trinajstić information content (AvgIpc) is 2.41. The van der Waals surface area contributed by atoms with Gasteiger partial charge in [0.1, 0.15) is 0 Å². The van der Waals surface area contributed by atoms with Crippen molar-refractivity contribution < 1.29 is 9.90 Å². The van der Waals surface area contributed by atoms with Crippen LogP contribution in [0.25, 0.3) is 11.1 Å².